The van der Waals surface area contributed by atoms with E-state index in [1.807, 2.05) is 36.4 Å². The maximum absolute atomic E-state index is 8.86. The lowest BCUT2D eigenvalue weighted by Gasteiger charge is -2.01. The minimum absolute atomic E-state index is 0.451. The second kappa shape index (κ2) is 3.71. The van der Waals surface area contributed by atoms with Crippen molar-refractivity contribution in [2.75, 3.05) is 0 Å². The number of hydrogen-bond donors (Lipinski definition) is 0. The Morgan fingerprint density at radius 2 is 2.21 bits per heavy atom. The minimum Gasteiger partial charge on any atom is -0.245 e. The van der Waals surface area contributed by atoms with E-state index >= 15 is 0 Å². The highest BCUT2D eigenvalue weighted by molar-refractivity contribution is 5.68. The second-order valence-corrected chi connectivity index (χ2v) is 2.80. The van der Waals surface area contributed by atoms with Gasteiger partial charge in [-0.25, -0.2) is 4.98 Å². The number of rotatable bonds is 1. The maximum atomic E-state index is 8.86. The van der Waals surface area contributed by atoms with Crippen LogP contribution in [-0.4, -0.2) is 4.98 Å². The Morgan fingerprint density at radius 3 is 2.93 bits per heavy atom. The predicted octanol–water partition coefficient (Wildman–Crippen LogP) is 2.42. The van der Waals surface area contributed by atoms with E-state index in [0.29, 0.717) is 5.69 Å². The fraction of sp³-hybridized carbons (Fsp3) is 0. The fourth-order valence-corrected chi connectivity index (χ4v) is 1.29. The van der Waals surface area contributed by atoms with Crippen LogP contribution in [0.15, 0.2) is 42.6 Å². The first-order valence-corrected chi connectivity index (χ1v) is 4.23. The van der Waals surface area contributed by atoms with Gasteiger partial charge in [0.2, 0.25) is 0 Å². The van der Waals surface area contributed by atoms with Gasteiger partial charge in [-0.15, -0.1) is 0 Å². The van der Waals surface area contributed by atoms with Crippen LogP contribution >= 0.6 is 0 Å². The van der Waals surface area contributed by atoms with Gasteiger partial charge in [0.1, 0.15) is 11.8 Å². The zero-order valence-corrected chi connectivity index (χ0v) is 7.44. The summed E-state index contributed by atoms with van der Waals surface area (Å²) in [5.74, 6) is 0. The molecule has 0 amide bonds. The summed E-state index contributed by atoms with van der Waals surface area (Å²) in [5, 5.41) is 8.86. The van der Waals surface area contributed by atoms with E-state index in [1.54, 1.807) is 6.20 Å². The van der Waals surface area contributed by atoms with Crippen LogP contribution in [0.1, 0.15) is 5.69 Å². The summed E-state index contributed by atoms with van der Waals surface area (Å²) in [7, 11) is 0. The molecule has 0 spiro atoms. The van der Waals surface area contributed by atoms with Crippen molar-refractivity contribution in [3.8, 4) is 17.2 Å². The molecule has 0 aliphatic rings. The summed E-state index contributed by atoms with van der Waals surface area (Å²) in [6, 6.07) is 16.3. The number of nitriles is 1. The standard InChI is InChI=1S/C12H7N2/c13-9-12-11(7-4-8-14-12)10-5-2-1-3-6-10/h1-2,4-8H. The molecule has 14 heavy (non-hydrogen) atoms. The number of aromatic nitrogens is 1. The van der Waals surface area contributed by atoms with E-state index in [-0.39, 0.29) is 0 Å². The van der Waals surface area contributed by atoms with Gasteiger partial charge in [0.15, 0.2) is 0 Å². The third kappa shape index (κ3) is 1.48. The van der Waals surface area contributed by atoms with E-state index in [1.165, 1.54) is 0 Å². The average Bonchev–Trinajstić information content (AvgIpc) is 2.30. The van der Waals surface area contributed by atoms with Crippen molar-refractivity contribution in [3.05, 3.63) is 54.4 Å². The van der Waals surface area contributed by atoms with E-state index in [2.05, 4.69) is 17.1 Å². The molecule has 1 aromatic carbocycles. The molecule has 0 atom stereocenters. The van der Waals surface area contributed by atoms with Crippen LogP contribution in [0.25, 0.3) is 11.1 Å². The molecule has 0 saturated carbocycles. The quantitative estimate of drug-likeness (QED) is 0.674. The Labute approximate surface area is 82.5 Å². The molecule has 0 saturated heterocycles. The molecule has 0 unspecified atom stereocenters. The minimum atomic E-state index is 0.451. The molecule has 2 heteroatoms. The molecule has 0 N–H and O–H groups in total. The Hall–Kier alpha value is -2.14. The Balaban J connectivity index is 2.58. The van der Waals surface area contributed by atoms with Gasteiger partial charge in [-0.2, -0.15) is 5.26 Å². The van der Waals surface area contributed by atoms with Gasteiger partial charge >= 0.3 is 0 Å². The Bertz CT molecular complexity index is 469. The van der Waals surface area contributed by atoms with Crippen molar-refractivity contribution in [2.45, 2.75) is 0 Å². The van der Waals surface area contributed by atoms with Crippen molar-refractivity contribution in [3.63, 3.8) is 0 Å². The van der Waals surface area contributed by atoms with E-state index < -0.39 is 0 Å². The van der Waals surface area contributed by atoms with E-state index in [0.717, 1.165) is 11.1 Å². The summed E-state index contributed by atoms with van der Waals surface area (Å²) >= 11 is 0. The third-order valence-corrected chi connectivity index (χ3v) is 1.93. The highest BCUT2D eigenvalue weighted by Crippen LogP contribution is 2.20. The summed E-state index contributed by atoms with van der Waals surface area (Å²) < 4.78 is 0. The summed E-state index contributed by atoms with van der Waals surface area (Å²) in [6.07, 6.45) is 1.62. The first-order valence-electron chi connectivity index (χ1n) is 4.23. The first-order chi connectivity index (χ1) is 6.92. The van der Waals surface area contributed by atoms with Gasteiger partial charge in [0, 0.05) is 11.8 Å². The molecule has 1 heterocycles. The zero-order chi connectivity index (χ0) is 9.80. The van der Waals surface area contributed by atoms with Crippen molar-refractivity contribution in [1.29, 1.82) is 5.26 Å². The number of hydrogen-bond acceptors (Lipinski definition) is 2. The van der Waals surface area contributed by atoms with E-state index in [9.17, 15) is 0 Å². The Kier molecular flexibility index (Phi) is 2.24. The summed E-state index contributed by atoms with van der Waals surface area (Å²) in [6.45, 7) is 0. The molecular formula is C12H7N2. The van der Waals surface area contributed by atoms with Crippen molar-refractivity contribution < 1.29 is 0 Å². The van der Waals surface area contributed by atoms with Gasteiger partial charge in [-0.1, -0.05) is 18.2 Å². The third-order valence-electron chi connectivity index (χ3n) is 1.93. The van der Waals surface area contributed by atoms with Gasteiger partial charge in [0.25, 0.3) is 0 Å². The largest absolute Gasteiger partial charge is 0.245 e. The normalized spacial score (nSPS) is 9.36. The van der Waals surface area contributed by atoms with Crippen LogP contribution in [0.2, 0.25) is 0 Å². The molecule has 0 aliphatic carbocycles. The van der Waals surface area contributed by atoms with Gasteiger partial charge < -0.3 is 0 Å². The monoisotopic (exact) mass is 179 g/mol. The topological polar surface area (TPSA) is 36.7 Å². The van der Waals surface area contributed by atoms with Crippen LogP contribution in [0.3, 0.4) is 0 Å². The fourth-order valence-electron chi connectivity index (χ4n) is 1.29. The molecule has 2 nitrogen and oxygen atoms in total. The van der Waals surface area contributed by atoms with E-state index in [4.69, 9.17) is 5.26 Å². The molecule has 0 fully saturated rings. The molecule has 2 aromatic rings. The lowest BCUT2D eigenvalue weighted by Crippen LogP contribution is -1.86. The lowest BCUT2D eigenvalue weighted by atomic mass is 10.1. The predicted molar refractivity (Wildman–Crippen MR) is 53.2 cm³/mol. The summed E-state index contributed by atoms with van der Waals surface area (Å²) in [4.78, 5) is 4.00. The number of benzene rings is 1. The zero-order valence-electron chi connectivity index (χ0n) is 7.44. The first kappa shape index (κ1) is 8.46. The van der Waals surface area contributed by atoms with Crippen molar-refractivity contribution >= 4 is 0 Å². The molecule has 2 rings (SSSR count). The molecule has 1 aromatic heterocycles. The highest BCUT2D eigenvalue weighted by Gasteiger charge is 2.03. The number of pyridine rings is 1. The Morgan fingerprint density at radius 1 is 1.29 bits per heavy atom. The van der Waals surface area contributed by atoms with Crippen LogP contribution in [0.5, 0.6) is 0 Å². The van der Waals surface area contributed by atoms with Gasteiger partial charge in [-0.05, 0) is 29.8 Å². The molecule has 65 valence electrons. The molecule has 0 aliphatic heterocycles. The summed E-state index contributed by atoms with van der Waals surface area (Å²) in [5.41, 5.74) is 2.27. The van der Waals surface area contributed by atoms with Gasteiger partial charge in [-0.3, -0.25) is 0 Å². The lowest BCUT2D eigenvalue weighted by molar-refractivity contribution is 1.26. The molecule has 0 bridgehead atoms. The van der Waals surface area contributed by atoms with Crippen LogP contribution in [0, 0.1) is 17.4 Å². The molecular weight excluding hydrogens is 172 g/mol. The van der Waals surface area contributed by atoms with Crippen LogP contribution < -0.4 is 0 Å². The average molecular weight is 179 g/mol. The van der Waals surface area contributed by atoms with Crippen molar-refractivity contribution in [1.82, 2.24) is 4.98 Å². The SMILES string of the molecule is N#Cc1ncccc1-c1c[c]ccc1. The van der Waals surface area contributed by atoms with Crippen LogP contribution in [-0.2, 0) is 0 Å². The maximum Gasteiger partial charge on any atom is 0.148 e. The number of nitrogens with zero attached hydrogens (tertiary/aromatic N) is 2. The molecule has 1 radical (unpaired) electrons. The van der Waals surface area contributed by atoms with Crippen LogP contribution in [0.4, 0.5) is 0 Å². The smallest absolute Gasteiger partial charge is 0.148 e. The highest BCUT2D eigenvalue weighted by atomic mass is 14.7. The van der Waals surface area contributed by atoms with Crippen molar-refractivity contribution in [2.24, 2.45) is 0 Å². The second-order valence-electron chi connectivity index (χ2n) is 2.80. The van der Waals surface area contributed by atoms with Gasteiger partial charge in [0.05, 0.1) is 0 Å².